The number of cyclic esters (lactones) is 1. The monoisotopic (exact) mass is 349 g/mol. The number of ether oxygens (including phenoxy) is 1. The average molecular weight is 349 g/mol. The third-order valence-electron chi connectivity index (χ3n) is 5.02. The van der Waals surface area contributed by atoms with Crippen LogP contribution in [0.1, 0.15) is 30.4 Å². The summed E-state index contributed by atoms with van der Waals surface area (Å²) in [5.74, 6) is -0.638. The van der Waals surface area contributed by atoms with Gasteiger partial charge in [-0.2, -0.15) is 0 Å². The van der Waals surface area contributed by atoms with Crippen molar-refractivity contribution >= 4 is 17.6 Å². The van der Waals surface area contributed by atoms with Crippen molar-refractivity contribution in [3.8, 4) is 5.75 Å². The van der Waals surface area contributed by atoms with E-state index in [4.69, 9.17) is 4.74 Å². The second-order valence-electron chi connectivity index (χ2n) is 6.53. The van der Waals surface area contributed by atoms with Crippen LogP contribution in [0.5, 0.6) is 5.75 Å². The molecule has 5 nitrogen and oxygen atoms in total. The summed E-state index contributed by atoms with van der Waals surface area (Å²) in [4.78, 5) is 26.9. The Morgan fingerprint density at radius 1 is 1.08 bits per heavy atom. The Morgan fingerprint density at radius 2 is 1.77 bits per heavy atom. The van der Waals surface area contributed by atoms with Crippen LogP contribution in [-0.2, 0) is 20.7 Å². The second-order valence-corrected chi connectivity index (χ2v) is 6.53. The highest BCUT2D eigenvalue weighted by Crippen LogP contribution is 2.42. The molecule has 4 rings (SSSR count). The van der Waals surface area contributed by atoms with Crippen LogP contribution in [0.3, 0.4) is 0 Å². The third kappa shape index (κ3) is 2.65. The lowest BCUT2D eigenvalue weighted by atomic mass is 9.84. The van der Waals surface area contributed by atoms with Gasteiger partial charge in [0.1, 0.15) is 12.4 Å². The van der Waals surface area contributed by atoms with Crippen LogP contribution in [0.25, 0.3) is 0 Å². The van der Waals surface area contributed by atoms with Crippen molar-refractivity contribution in [2.24, 2.45) is 0 Å². The first kappa shape index (κ1) is 16.4. The molecule has 0 saturated carbocycles. The fourth-order valence-electron chi connectivity index (χ4n) is 3.63. The van der Waals surface area contributed by atoms with Gasteiger partial charge in [-0.15, -0.1) is 0 Å². The summed E-state index contributed by atoms with van der Waals surface area (Å²) in [6.45, 7) is 2.18. The maximum Gasteiger partial charge on any atom is 0.336 e. The Hall–Kier alpha value is -3.08. The lowest BCUT2D eigenvalue weighted by Crippen LogP contribution is -2.37. The molecule has 132 valence electrons. The number of phenols is 1. The molecule has 2 aliphatic heterocycles. The van der Waals surface area contributed by atoms with Crippen LogP contribution in [-0.4, -0.2) is 23.6 Å². The minimum absolute atomic E-state index is 0.0654. The number of carbonyl (C=O) groups is 2. The van der Waals surface area contributed by atoms with Gasteiger partial charge in [0.05, 0.1) is 11.3 Å². The van der Waals surface area contributed by atoms with Crippen LogP contribution >= 0.6 is 0 Å². The predicted octanol–water partition coefficient (Wildman–Crippen LogP) is 3.29. The van der Waals surface area contributed by atoms with Gasteiger partial charge in [-0.3, -0.25) is 9.69 Å². The number of benzene rings is 2. The zero-order valence-corrected chi connectivity index (χ0v) is 14.4. The van der Waals surface area contributed by atoms with E-state index >= 15 is 0 Å². The average Bonchev–Trinajstić information content (AvgIpc) is 3.03. The van der Waals surface area contributed by atoms with Gasteiger partial charge in [0.25, 0.3) is 0 Å². The number of rotatable bonds is 3. The number of amides is 1. The Morgan fingerprint density at radius 3 is 2.42 bits per heavy atom. The van der Waals surface area contributed by atoms with Crippen LogP contribution in [0.15, 0.2) is 59.8 Å². The van der Waals surface area contributed by atoms with E-state index in [1.165, 1.54) is 5.56 Å². The lowest BCUT2D eigenvalue weighted by Gasteiger charge is -2.32. The van der Waals surface area contributed by atoms with Gasteiger partial charge in [0, 0.05) is 18.0 Å². The number of hydrogen-bond acceptors (Lipinski definition) is 4. The Balaban J connectivity index is 1.78. The molecule has 26 heavy (non-hydrogen) atoms. The van der Waals surface area contributed by atoms with E-state index in [1.54, 1.807) is 29.2 Å². The van der Waals surface area contributed by atoms with Crippen molar-refractivity contribution in [2.75, 3.05) is 11.5 Å². The summed E-state index contributed by atoms with van der Waals surface area (Å²) in [6, 6.07) is 14.4. The zero-order chi connectivity index (χ0) is 18.3. The molecular weight excluding hydrogens is 330 g/mol. The van der Waals surface area contributed by atoms with Crippen LogP contribution in [0.4, 0.5) is 5.69 Å². The smallest absolute Gasteiger partial charge is 0.336 e. The highest BCUT2D eigenvalue weighted by atomic mass is 16.5. The van der Waals surface area contributed by atoms with E-state index in [2.05, 4.69) is 6.92 Å². The van der Waals surface area contributed by atoms with Crippen LogP contribution < -0.4 is 4.90 Å². The van der Waals surface area contributed by atoms with Crippen molar-refractivity contribution < 1.29 is 19.4 Å². The summed E-state index contributed by atoms with van der Waals surface area (Å²) in [5, 5.41) is 9.50. The summed E-state index contributed by atoms with van der Waals surface area (Å²) in [5.41, 5.74) is 3.92. The number of phenolic OH excluding ortho intramolecular Hbond substituents is 1. The molecule has 0 aliphatic carbocycles. The topological polar surface area (TPSA) is 66.8 Å². The minimum atomic E-state index is -0.374. The van der Waals surface area contributed by atoms with E-state index in [0.717, 1.165) is 17.7 Å². The standard InChI is InChI=1S/C21H19NO4/c1-2-13-3-7-15(8-4-13)22-18-12-26-21(25)20(18)17(11-19(22)24)14-5-9-16(23)10-6-14/h3-10,17,23H,2,11-12H2,1H3/t17-/m1/s1. The molecule has 0 bridgehead atoms. The number of aryl methyl sites for hydroxylation is 1. The van der Waals surface area contributed by atoms with Gasteiger partial charge in [0.2, 0.25) is 5.91 Å². The van der Waals surface area contributed by atoms with Crippen LogP contribution in [0.2, 0.25) is 0 Å². The van der Waals surface area contributed by atoms with Crippen molar-refractivity contribution in [2.45, 2.75) is 25.7 Å². The number of nitrogens with zero attached hydrogens (tertiary/aromatic N) is 1. The molecule has 2 aromatic carbocycles. The molecule has 2 heterocycles. The maximum atomic E-state index is 12.9. The molecule has 0 aromatic heterocycles. The highest BCUT2D eigenvalue weighted by molar-refractivity contribution is 6.06. The Labute approximate surface area is 151 Å². The van der Waals surface area contributed by atoms with Gasteiger partial charge >= 0.3 is 5.97 Å². The van der Waals surface area contributed by atoms with E-state index in [0.29, 0.717) is 11.3 Å². The van der Waals surface area contributed by atoms with Crippen molar-refractivity contribution in [3.63, 3.8) is 0 Å². The van der Waals surface area contributed by atoms with Crippen LogP contribution in [0, 0.1) is 0 Å². The lowest BCUT2D eigenvalue weighted by molar-refractivity contribution is -0.136. The molecule has 0 radical (unpaired) electrons. The zero-order valence-electron chi connectivity index (χ0n) is 14.4. The molecular formula is C21H19NO4. The van der Waals surface area contributed by atoms with Crippen molar-refractivity contribution in [1.82, 2.24) is 0 Å². The van der Waals surface area contributed by atoms with Gasteiger partial charge in [0.15, 0.2) is 0 Å². The van der Waals surface area contributed by atoms with Crippen molar-refractivity contribution in [1.29, 1.82) is 0 Å². The second kappa shape index (κ2) is 6.33. The molecule has 0 saturated heterocycles. The van der Waals surface area contributed by atoms with Crippen molar-refractivity contribution in [3.05, 3.63) is 70.9 Å². The fourth-order valence-corrected chi connectivity index (χ4v) is 3.63. The predicted molar refractivity (Wildman–Crippen MR) is 96.8 cm³/mol. The third-order valence-corrected chi connectivity index (χ3v) is 5.02. The maximum absolute atomic E-state index is 12.9. The minimum Gasteiger partial charge on any atom is -0.508 e. The largest absolute Gasteiger partial charge is 0.508 e. The van der Waals surface area contributed by atoms with E-state index in [-0.39, 0.29) is 36.6 Å². The molecule has 0 unspecified atom stereocenters. The molecule has 2 aromatic rings. The number of carbonyl (C=O) groups excluding carboxylic acids is 2. The van der Waals surface area contributed by atoms with Gasteiger partial charge in [-0.1, -0.05) is 31.2 Å². The summed E-state index contributed by atoms with van der Waals surface area (Å²) >= 11 is 0. The van der Waals surface area contributed by atoms with E-state index < -0.39 is 0 Å². The summed E-state index contributed by atoms with van der Waals surface area (Å²) in [6.07, 6.45) is 1.11. The van der Waals surface area contributed by atoms with Gasteiger partial charge in [-0.25, -0.2) is 4.79 Å². The molecule has 1 atom stereocenters. The Kier molecular flexibility index (Phi) is 3.99. The highest BCUT2D eigenvalue weighted by Gasteiger charge is 2.42. The van der Waals surface area contributed by atoms with Gasteiger partial charge in [-0.05, 0) is 41.8 Å². The van der Waals surface area contributed by atoms with Gasteiger partial charge < -0.3 is 9.84 Å². The molecule has 1 amide bonds. The molecule has 0 fully saturated rings. The first-order chi connectivity index (χ1) is 12.6. The number of hydrogen-bond donors (Lipinski definition) is 1. The first-order valence-corrected chi connectivity index (χ1v) is 8.69. The summed E-state index contributed by atoms with van der Waals surface area (Å²) in [7, 11) is 0. The van der Waals surface area contributed by atoms with E-state index in [9.17, 15) is 14.7 Å². The molecule has 5 heteroatoms. The normalized spacial score (nSPS) is 19.6. The SMILES string of the molecule is CCc1ccc(N2C(=O)C[C@H](c3ccc(O)cc3)C3=C2COC3=O)cc1. The molecule has 2 aliphatic rings. The van der Waals surface area contributed by atoms with E-state index in [1.807, 2.05) is 24.3 Å². The number of anilines is 1. The first-order valence-electron chi connectivity index (χ1n) is 8.69. The number of esters is 1. The molecule has 1 N–H and O–H groups in total. The number of aromatic hydroxyl groups is 1. The summed E-state index contributed by atoms with van der Waals surface area (Å²) < 4.78 is 5.26. The Bertz CT molecular complexity index is 897. The fraction of sp³-hybridized carbons (Fsp3) is 0.238. The molecule has 0 spiro atoms. The quantitative estimate of drug-likeness (QED) is 0.864.